The summed E-state index contributed by atoms with van der Waals surface area (Å²) in [5.74, 6) is 0. The third-order valence-corrected chi connectivity index (χ3v) is 4.61. The molecule has 112 valence electrons. The molecule has 1 aliphatic rings. The molecule has 2 N–H and O–H groups in total. The van der Waals surface area contributed by atoms with Gasteiger partial charge in [0.15, 0.2) is 0 Å². The van der Waals surface area contributed by atoms with E-state index in [0.29, 0.717) is 12.6 Å². The fourth-order valence-electron chi connectivity index (χ4n) is 2.94. The van der Waals surface area contributed by atoms with Crippen LogP contribution in [0.3, 0.4) is 0 Å². The Balaban J connectivity index is 2.07. The van der Waals surface area contributed by atoms with Gasteiger partial charge in [-0.25, -0.2) is 0 Å². The second-order valence-corrected chi connectivity index (χ2v) is 6.28. The van der Waals surface area contributed by atoms with E-state index in [0.717, 1.165) is 32.5 Å². The first-order valence-electron chi connectivity index (χ1n) is 7.63. The van der Waals surface area contributed by atoms with Crippen LogP contribution >= 0.6 is 15.9 Å². The summed E-state index contributed by atoms with van der Waals surface area (Å²) in [6, 6.07) is 7.25. The van der Waals surface area contributed by atoms with Gasteiger partial charge in [0, 0.05) is 30.2 Å². The molecule has 0 spiro atoms. The van der Waals surface area contributed by atoms with Crippen LogP contribution in [0.5, 0.6) is 0 Å². The van der Waals surface area contributed by atoms with E-state index < -0.39 is 0 Å². The smallest absolute Gasteiger partial charge is 0.0513 e. The van der Waals surface area contributed by atoms with Crippen molar-refractivity contribution >= 4 is 21.6 Å². The lowest BCUT2D eigenvalue weighted by Crippen LogP contribution is -2.29. The molecule has 1 heterocycles. The number of nitrogens with one attached hydrogen (secondary N) is 1. The minimum absolute atomic E-state index is 0.299. The van der Waals surface area contributed by atoms with Crippen LogP contribution in [0.1, 0.15) is 38.2 Å². The van der Waals surface area contributed by atoms with Crippen molar-refractivity contribution in [3.8, 4) is 0 Å². The maximum atomic E-state index is 9.02. The van der Waals surface area contributed by atoms with E-state index in [1.165, 1.54) is 28.6 Å². The highest BCUT2D eigenvalue weighted by molar-refractivity contribution is 9.10. The Hall–Kier alpha value is -0.580. The Bertz CT molecular complexity index is 425. The predicted molar refractivity (Wildman–Crippen MR) is 88.2 cm³/mol. The van der Waals surface area contributed by atoms with E-state index >= 15 is 0 Å². The van der Waals surface area contributed by atoms with Crippen LogP contribution in [-0.2, 0) is 6.54 Å². The van der Waals surface area contributed by atoms with Gasteiger partial charge in [-0.15, -0.1) is 0 Å². The van der Waals surface area contributed by atoms with Crippen LogP contribution in [0.2, 0.25) is 0 Å². The zero-order valence-electron chi connectivity index (χ0n) is 12.2. The van der Waals surface area contributed by atoms with Crippen molar-refractivity contribution in [3.63, 3.8) is 0 Å². The Morgan fingerprint density at radius 3 is 3.00 bits per heavy atom. The molecule has 4 heteroatoms. The van der Waals surface area contributed by atoms with Gasteiger partial charge in [0.2, 0.25) is 0 Å². The van der Waals surface area contributed by atoms with Crippen molar-refractivity contribution in [2.24, 2.45) is 0 Å². The van der Waals surface area contributed by atoms with E-state index in [4.69, 9.17) is 5.11 Å². The minimum Gasteiger partial charge on any atom is -0.396 e. The monoisotopic (exact) mass is 340 g/mol. The molecule has 3 nitrogen and oxygen atoms in total. The number of aliphatic hydroxyl groups is 1. The minimum atomic E-state index is 0.299. The molecule has 0 aliphatic carbocycles. The third-order valence-electron chi connectivity index (χ3n) is 3.97. The first kappa shape index (κ1) is 15.8. The lowest BCUT2D eigenvalue weighted by atomic mass is 10.1. The molecule has 1 fully saturated rings. The summed E-state index contributed by atoms with van der Waals surface area (Å²) < 4.78 is 1.18. The molecule has 1 saturated heterocycles. The molecule has 0 aromatic heterocycles. The highest BCUT2D eigenvalue weighted by Crippen LogP contribution is 2.34. The molecular weight excluding hydrogens is 316 g/mol. The van der Waals surface area contributed by atoms with Crippen LogP contribution < -0.4 is 10.2 Å². The number of nitrogens with zero attached hydrogens (tertiary/aromatic N) is 1. The highest BCUT2D eigenvalue weighted by atomic mass is 79.9. The molecule has 0 radical (unpaired) electrons. The Morgan fingerprint density at radius 1 is 1.45 bits per heavy atom. The molecule has 1 atom stereocenters. The molecule has 1 unspecified atom stereocenters. The standard InChI is InChI=1S/C16H25BrN2O/c1-2-18-12-13-7-8-16(15(17)11-13)19-9-3-5-14(19)6-4-10-20/h7-8,11,14,18,20H,2-6,9-10,12H2,1H3. The first-order chi connectivity index (χ1) is 9.76. The summed E-state index contributed by atoms with van der Waals surface area (Å²) in [5.41, 5.74) is 2.61. The topological polar surface area (TPSA) is 35.5 Å². The van der Waals surface area contributed by atoms with Gasteiger partial charge in [-0.05, 0) is 65.9 Å². The lowest BCUT2D eigenvalue weighted by molar-refractivity contribution is 0.279. The van der Waals surface area contributed by atoms with Gasteiger partial charge >= 0.3 is 0 Å². The largest absolute Gasteiger partial charge is 0.396 e. The van der Waals surface area contributed by atoms with Crippen LogP contribution in [0.4, 0.5) is 5.69 Å². The number of hydrogen-bond acceptors (Lipinski definition) is 3. The number of hydrogen-bond donors (Lipinski definition) is 2. The Morgan fingerprint density at radius 2 is 2.30 bits per heavy atom. The van der Waals surface area contributed by atoms with Gasteiger partial charge in [0.05, 0.1) is 5.69 Å². The van der Waals surface area contributed by atoms with Gasteiger partial charge < -0.3 is 15.3 Å². The van der Waals surface area contributed by atoms with Crippen molar-refractivity contribution < 1.29 is 5.11 Å². The highest BCUT2D eigenvalue weighted by Gasteiger charge is 2.25. The Kier molecular flexibility index (Phi) is 6.33. The second-order valence-electron chi connectivity index (χ2n) is 5.42. The fourth-order valence-corrected chi connectivity index (χ4v) is 3.60. The summed E-state index contributed by atoms with van der Waals surface area (Å²) in [6.07, 6.45) is 4.48. The number of aliphatic hydroxyl groups excluding tert-OH is 1. The molecule has 1 aromatic rings. The fraction of sp³-hybridized carbons (Fsp3) is 0.625. The van der Waals surface area contributed by atoms with Crippen molar-refractivity contribution in [2.75, 3.05) is 24.6 Å². The maximum Gasteiger partial charge on any atom is 0.0513 e. The SMILES string of the molecule is CCNCc1ccc(N2CCCC2CCCO)c(Br)c1. The first-order valence-corrected chi connectivity index (χ1v) is 8.42. The summed E-state index contributed by atoms with van der Waals surface area (Å²) >= 11 is 3.73. The third kappa shape index (κ3) is 3.96. The van der Waals surface area contributed by atoms with Gasteiger partial charge in [0.1, 0.15) is 0 Å². The average Bonchev–Trinajstić information content (AvgIpc) is 2.91. The van der Waals surface area contributed by atoms with E-state index in [1.54, 1.807) is 0 Å². The van der Waals surface area contributed by atoms with Crippen LogP contribution in [0.25, 0.3) is 0 Å². The van der Waals surface area contributed by atoms with Gasteiger partial charge in [0.25, 0.3) is 0 Å². The summed E-state index contributed by atoms with van der Waals surface area (Å²) in [5, 5.41) is 12.4. The van der Waals surface area contributed by atoms with Crippen molar-refractivity contribution in [1.29, 1.82) is 0 Å². The van der Waals surface area contributed by atoms with Crippen molar-refractivity contribution in [3.05, 3.63) is 28.2 Å². The molecule has 1 aliphatic heterocycles. The number of benzene rings is 1. The number of halogens is 1. The zero-order valence-corrected chi connectivity index (χ0v) is 13.8. The maximum absolute atomic E-state index is 9.02. The summed E-state index contributed by atoms with van der Waals surface area (Å²) in [6.45, 7) is 5.46. The second kappa shape index (κ2) is 8.01. The molecule has 0 amide bonds. The van der Waals surface area contributed by atoms with E-state index in [9.17, 15) is 0 Å². The number of anilines is 1. The summed E-state index contributed by atoms with van der Waals surface area (Å²) in [4.78, 5) is 2.50. The van der Waals surface area contributed by atoms with Gasteiger partial charge in [-0.3, -0.25) is 0 Å². The predicted octanol–water partition coefficient (Wildman–Crippen LogP) is 3.30. The quantitative estimate of drug-likeness (QED) is 0.799. The van der Waals surface area contributed by atoms with E-state index in [2.05, 4.69) is 51.3 Å². The normalized spacial score (nSPS) is 18.8. The molecular formula is C16H25BrN2O. The molecule has 2 rings (SSSR count). The van der Waals surface area contributed by atoms with Gasteiger partial charge in [-0.1, -0.05) is 13.0 Å². The molecule has 1 aromatic carbocycles. The van der Waals surface area contributed by atoms with Gasteiger partial charge in [-0.2, -0.15) is 0 Å². The molecule has 20 heavy (non-hydrogen) atoms. The molecule has 0 saturated carbocycles. The summed E-state index contributed by atoms with van der Waals surface area (Å²) in [7, 11) is 0. The lowest BCUT2D eigenvalue weighted by Gasteiger charge is -2.28. The van der Waals surface area contributed by atoms with Crippen molar-refractivity contribution in [1.82, 2.24) is 5.32 Å². The van der Waals surface area contributed by atoms with Crippen LogP contribution in [-0.4, -0.2) is 30.8 Å². The van der Waals surface area contributed by atoms with Crippen LogP contribution in [0, 0.1) is 0 Å². The Labute approximate surface area is 130 Å². The average molecular weight is 341 g/mol. The van der Waals surface area contributed by atoms with Crippen LogP contribution in [0.15, 0.2) is 22.7 Å². The van der Waals surface area contributed by atoms with E-state index in [-0.39, 0.29) is 0 Å². The van der Waals surface area contributed by atoms with Crippen molar-refractivity contribution in [2.45, 2.75) is 45.2 Å². The number of rotatable bonds is 7. The zero-order chi connectivity index (χ0) is 14.4. The van der Waals surface area contributed by atoms with E-state index in [1.807, 2.05) is 0 Å². The molecule has 0 bridgehead atoms.